The maximum atomic E-state index is 13.3. The Morgan fingerprint density at radius 1 is 1.35 bits per heavy atom. The van der Waals surface area contributed by atoms with Gasteiger partial charge in [0.25, 0.3) is 5.91 Å². The van der Waals surface area contributed by atoms with Gasteiger partial charge in [-0.15, -0.1) is 0 Å². The summed E-state index contributed by atoms with van der Waals surface area (Å²) in [5, 5.41) is 4.31. The number of nitrogens with zero attached hydrogens (tertiary/aromatic N) is 4. The smallest absolute Gasteiger partial charge is 0.300 e. The molecule has 0 saturated carbocycles. The zero-order valence-corrected chi connectivity index (χ0v) is 14.2. The molecule has 0 saturated heterocycles. The van der Waals surface area contributed by atoms with Gasteiger partial charge in [0.05, 0.1) is 10.2 Å². The number of halogens is 1. The Morgan fingerprint density at radius 2 is 2.09 bits per heavy atom. The number of benzene rings is 1. The maximum Gasteiger partial charge on any atom is 0.300 e. The number of carbonyl (C=O) groups excluding carboxylic acids is 1. The summed E-state index contributed by atoms with van der Waals surface area (Å²) in [5.41, 5.74) is 2.08. The fraction of sp³-hybridized carbons (Fsp3) is 0.312. The van der Waals surface area contributed by atoms with Crippen molar-refractivity contribution in [2.75, 3.05) is 0 Å². The molecule has 3 aromatic rings. The summed E-state index contributed by atoms with van der Waals surface area (Å²) in [6.45, 7) is 5.92. The average Bonchev–Trinajstić information content (AvgIpc) is 3.00. The standard InChI is InChI=1S/C16H17FN4OS/c1-9(2)21-10(3)7-12(19-21)15(22)18-16-20(4)13-6-5-11(17)8-14(13)23-16/h5-9H,1-4H3. The summed E-state index contributed by atoms with van der Waals surface area (Å²) >= 11 is 1.28. The number of fused-ring (bicyclic) bond motifs is 1. The molecule has 1 aromatic carbocycles. The molecule has 0 bridgehead atoms. The van der Waals surface area contributed by atoms with Gasteiger partial charge in [-0.2, -0.15) is 10.1 Å². The van der Waals surface area contributed by atoms with E-state index in [1.54, 1.807) is 28.4 Å². The molecule has 2 heterocycles. The van der Waals surface area contributed by atoms with Crippen molar-refractivity contribution in [1.29, 1.82) is 0 Å². The van der Waals surface area contributed by atoms with Crippen LogP contribution in [0.4, 0.5) is 4.39 Å². The Labute approximate surface area is 136 Å². The number of amides is 1. The van der Waals surface area contributed by atoms with Gasteiger partial charge in [-0.05, 0) is 45.0 Å². The molecular weight excluding hydrogens is 315 g/mol. The predicted molar refractivity (Wildman–Crippen MR) is 88.0 cm³/mol. The van der Waals surface area contributed by atoms with E-state index in [-0.39, 0.29) is 11.9 Å². The number of hydrogen-bond donors (Lipinski definition) is 0. The Hall–Kier alpha value is -2.28. The molecule has 1 amide bonds. The van der Waals surface area contributed by atoms with E-state index in [0.29, 0.717) is 10.5 Å². The van der Waals surface area contributed by atoms with Crippen molar-refractivity contribution in [1.82, 2.24) is 14.3 Å². The third-order valence-corrected chi connectivity index (χ3v) is 4.69. The lowest BCUT2D eigenvalue weighted by Gasteiger charge is -2.06. The van der Waals surface area contributed by atoms with E-state index in [4.69, 9.17) is 0 Å². The van der Waals surface area contributed by atoms with E-state index in [0.717, 1.165) is 15.9 Å². The van der Waals surface area contributed by atoms with Crippen LogP contribution < -0.4 is 4.80 Å². The highest BCUT2D eigenvalue weighted by Crippen LogP contribution is 2.18. The molecule has 7 heteroatoms. The van der Waals surface area contributed by atoms with Gasteiger partial charge in [0.2, 0.25) is 0 Å². The molecule has 0 atom stereocenters. The Kier molecular flexibility index (Phi) is 3.89. The summed E-state index contributed by atoms with van der Waals surface area (Å²) in [6.07, 6.45) is 0. The van der Waals surface area contributed by atoms with E-state index in [2.05, 4.69) is 10.1 Å². The van der Waals surface area contributed by atoms with Crippen LogP contribution in [0, 0.1) is 12.7 Å². The van der Waals surface area contributed by atoms with Crippen molar-refractivity contribution < 1.29 is 9.18 Å². The van der Waals surface area contributed by atoms with Crippen molar-refractivity contribution in [3.8, 4) is 0 Å². The molecule has 0 spiro atoms. The minimum atomic E-state index is -0.393. The molecule has 0 radical (unpaired) electrons. The van der Waals surface area contributed by atoms with Gasteiger partial charge in [-0.3, -0.25) is 9.48 Å². The number of rotatable bonds is 2. The molecule has 0 unspecified atom stereocenters. The first-order valence-corrected chi connectivity index (χ1v) is 8.08. The van der Waals surface area contributed by atoms with Gasteiger partial charge in [0.15, 0.2) is 10.5 Å². The maximum absolute atomic E-state index is 13.3. The van der Waals surface area contributed by atoms with Crippen LogP contribution in [-0.4, -0.2) is 20.3 Å². The molecular formula is C16H17FN4OS. The highest BCUT2D eigenvalue weighted by Gasteiger charge is 2.14. The molecule has 0 N–H and O–H groups in total. The van der Waals surface area contributed by atoms with Crippen LogP contribution in [0.15, 0.2) is 29.3 Å². The topological polar surface area (TPSA) is 52.2 Å². The third-order valence-electron chi connectivity index (χ3n) is 3.60. The zero-order valence-electron chi connectivity index (χ0n) is 13.4. The van der Waals surface area contributed by atoms with E-state index in [1.165, 1.54) is 23.5 Å². The third kappa shape index (κ3) is 2.84. The summed E-state index contributed by atoms with van der Waals surface area (Å²) in [5.74, 6) is -0.696. The minimum absolute atomic E-state index is 0.181. The molecule has 3 rings (SSSR count). The van der Waals surface area contributed by atoms with Gasteiger partial charge in [0.1, 0.15) is 5.82 Å². The average molecular weight is 332 g/mol. The first-order valence-electron chi connectivity index (χ1n) is 7.27. The number of hydrogen-bond acceptors (Lipinski definition) is 3. The van der Waals surface area contributed by atoms with Gasteiger partial charge in [0, 0.05) is 18.8 Å². The summed E-state index contributed by atoms with van der Waals surface area (Å²) in [6, 6.07) is 6.44. The van der Waals surface area contributed by atoms with Gasteiger partial charge < -0.3 is 4.57 Å². The van der Waals surface area contributed by atoms with Crippen molar-refractivity contribution in [3.05, 3.63) is 46.3 Å². The largest absolute Gasteiger partial charge is 0.319 e. The number of thiazole rings is 1. The van der Waals surface area contributed by atoms with Gasteiger partial charge in [-0.1, -0.05) is 11.3 Å². The fourth-order valence-electron chi connectivity index (χ4n) is 2.47. The van der Waals surface area contributed by atoms with Crippen molar-refractivity contribution in [2.24, 2.45) is 12.0 Å². The summed E-state index contributed by atoms with van der Waals surface area (Å²) in [4.78, 5) is 17.0. The van der Waals surface area contributed by atoms with Gasteiger partial charge in [-0.25, -0.2) is 4.39 Å². The number of aryl methyl sites for hydroxylation is 2. The Balaban J connectivity index is 2.06. The number of aromatic nitrogens is 3. The molecule has 2 aromatic heterocycles. The van der Waals surface area contributed by atoms with Crippen molar-refractivity contribution in [2.45, 2.75) is 26.8 Å². The molecule has 120 valence electrons. The van der Waals surface area contributed by atoms with Crippen LogP contribution >= 0.6 is 11.3 Å². The Bertz CT molecular complexity index is 964. The lowest BCUT2D eigenvalue weighted by molar-refractivity contribution is 0.0992. The molecule has 0 aliphatic carbocycles. The lowest BCUT2D eigenvalue weighted by atomic mass is 10.3. The van der Waals surface area contributed by atoms with E-state index in [1.807, 2.05) is 20.8 Å². The minimum Gasteiger partial charge on any atom is -0.319 e. The highest BCUT2D eigenvalue weighted by atomic mass is 32.1. The molecule has 0 aliphatic rings. The lowest BCUT2D eigenvalue weighted by Crippen LogP contribution is -2.14. The molecule has 5 nitrogen and oxygen atoms in total. The summed E-state index contributed by atoms with van der Waals surface area (Å²) < 4.78 is 17.6. The van der Waals surface area contributed by atoms with E-state index < -0.39 is 5.91 Å². The normalized spacial score (nSPS) is 12.5. The molecule has 0 fully saturated rings. The first-order chi connectivity index (χ1) is 10.9. The quantitative estimate of drug-likeness (QED) is 0.723. The second kappa shape index (κ2) is 5.73. The monoisotopic (exact) mass is 332 g/mol. The van der Waals surface area contributed by atoms with Crippen LogP contribution in [0.25, 0.3) is 10.2 Å². The first kappa shape index (κ1) is 15.6. The van der Waals surface area contributed by atoms with Crippen molar-refractivity contribution in [3.63, 3.8) is 0 Å². The predicted octanol–water partition coefficient (Wildman–Crippen LogP) is 3.21. The van der Waals surface area contributed by atoms with Crippen LogP contribution in [0.2, 0.25) is 0 Å². The van der Waals surface area contributed by atoms with E-state index in [9.17, 15) is 9.18 Å². The molecule has 0 aliphatic heterocycles. The zero-order chi connectivity index (χ0) is 16.7. The van der Waals surface area contributed by atoms with Crippen molar-refractivity contribution >= 4 is 27.5 Å². The second-order valence-electron chi connectivity index (χ2n) is 5.68. The van der Waals surface area contributed by atoms with Crippen LogP contribution in [0.3, 0.4) is 0 Å². The van der Waals surface area contributed by atoms with E-state index >= 15 is 0 Å². The Morgan fingerprint density at radius 3 is 2.74 bits per heavy atom. The SMILES string of the molecule is Cc1cc(C(=O)N=c2sc3cc(F)ccc3n2C)nn1C(C)C. The van der Waals surface area contributed by atoms with Crippen LogP contribution in [-0.2, 0) is 7.05 Å². The fourth-order valence-corrected chi connectivity index (χ4v) is 3.52. The van der Waals surface area contributed by atoms with Gasteiger partial charge >= 0.3 is 0 Å². The second-order valence-corrected chi connectivity index (χ2v) is 6.69. The molecule has 23 heavy (non-hydrogen) atoms. The number of carbonyl (C=O) groups is 1. The summed E-state index contributed by atoms with van der Waals surface area (Å²) in [7, 11) is 1.81. The highest BCUT2D eigenvalue weighted by molar-refractivity contribution is 7.16. The van der Waals surface area contributed by atoms with Crippen LogP contribution in [0.1, 0.15) is 36.1 Å². The van der Waals surface area contributed by atoms with Crippen LogP contribution in [0.5, 0.6) is 0 Å².